The van der Waals surface area contributed by atoms with E-state index in [1.54, 1.807) is 4.90 Å². The standard InChI is InChI=1S/C9H14N2O/c1-2-8-4-6-11(7-8)9(12)3-5-10/h8H,2-4,6-7H2,1H3. The Bertz CT molecular complexity index is 207. The molecule has 1 fully saturated rings. The van der Waals surface area contributed by atoms with E-state index in [0.29, 0.717) is 5.92 Å². The van der Waals surface area contributed by atoms with Gasteiger partial charge in [-0.1, -0.05) is 13.3 Å². The van der Waals surface area contributed by atoms with Crippen molar-refractivity contribution in [2.45, 2.75) is 26.2 Å². The van der Waals surface area contributed by atoms with E-state index in [1.807, 2.05) is 6.07 Å². The van der Waals surface area contributed by atoms with Crippen molar-refractivity contribution in [2.24, 2.45) is 5.92 Å². The van der Waals surface area contributed by atoms with Gasteiger partial charge in [0.2, 0.25) is 5.91 Å². The van der Waals surface area contributed by atoms with E-state index >= 15 is 0 Å². The fraction of sp³-hybridized carbons (Fsp3) is 0.778. The predicted molar refractivity (Wildman–Crippen MR) is 45.2 cm³/mol. The fourth-order valence-corrected chi connectivity index (χ4v) is 1.57. The molecule has 1 heterocycles. The third-order valence-corrected chi connectivity index (χ3v) is 2.45. The minimum absolute atomic E-state index is 0.00606. The molecule has 66 valence electrons. The number of carbonyl (C=O) groups excluding carboxylic acids is 1. The Labute approximate surface area is 73.0 Å². The maximum atomic E-state index is 11.2. The maximum Gasteiger partial charge on any atom is 0.236 e. The number of nitrogens with zero attached hydrogens (tertiary/aromatic N) is 2. The predicted octanol–water partition coefficient (Wildman–Crippen LogP) is 1.16. The van der Waals surface area contributed by atoms with Crippen molar-refractivity contribution in [1.82, 2.24) is 4.90 Å². The molecule has 0 aromatic heterocycles. The van der Waals surface area contributed by atoms with E-state index in [9.17, 15) is 4.79 Å². The van der Waals surface area contributed by atoms with E-state index in [-0.39, 0.29) is 12.3 Å². The zero-order valence-electron chi connectivity index (χ0n) is 7.42. The molecule has 0 aliphatic carbocycles. The van der Waals surface area contributed by atoms with Crippen molar-refractivity contribution in [2.75, 3.05) is 13.1 Å². The minimum Gasteiger partial charge on any atom is -0.342 e. The second kappa shape index (κ2) is 4.10. The first kappa shape index (κ1) is 9.05. The van der Waals surface area contributed by atoms with Crippen LogP contribution < -0.4 is 0 Å². The molecule has 1 amide bonds. The van der Waals surface area contributed by atoms with Crippen LogP contribution in [0.4, 0.5) is 0 Å². The molecule has 1 aliphatic rings. The lowest BCUT2D eigenvalue weighted by Crippen LogP contribution is -2.27. The third kappa shape index (κ3) is 1.97. The average Bonchev–Trinajstić information content (AvgIpc) is 2.52. The molecule has 1 atom stereocenters. The van der Waals surface area contributed by atoms with Crippen molar-refractivity contribution < 1.29 is 4.79 Å². The van der Waals surface area contributed by atoms with E-state index in [1.165, 1.54) is 0 Å². The number of hydrogen-bond acceptors (Lipinski definition) is 2. The number of amides is 1. The summed E-state index contributed by atoms with van der Waals surface area (Å²) in [6.45, 7) is 3.85. The lowest BCUT2D eigenvalue weighted by molar-refractivity contribution is -0.129. The Morgan fingerprint density at radius 1 is 1.75 bits per heavy atom. The molecule has 0 N–H and O–H groups in total. The zero-order valence-corrected chi connectivity index (χ0v) is 7.42. The Kier molecular flexibility index (Phi) is 3.09. The highest BCUT2D eigenvalue weighted by Gasteiger charge is 2.24. The van der Waals surface area contributed by atoms with Gasteiger partial charge in [0.05, 0.1) is 6.07 Å². The molecule has 0 saturated carbocycles. The number of likely N-dealkylation sites (tertiary alicyclic amines) is 1. The smallest absolute Gasteiger partial charge is 0.236 e. The molecule has 1 saturated heterocycles. The van der Waals surface area contributed by atoms with E-state index in [0.717, 1.165) is 25.9 Å². The average molecular weight is 166 g/mol. The Balaban J connectivity index is 2.37. The Morgan fingerprint density at radius 2 is 2.50 bits per heavy atom. The highest BCUT2D eigenvalue weighted by atomic mass is 16.2. The largest absolute Gasteiger partial charge is 0.342 e. The van der Waals surface area contributed by atoms with Gasteiger partial charge in [-0.05, 0) is 12.3 Å². The maximum absolute atomic E-state index is 11.2. The van der Waals surface area contributed by atoms with Crippen LogP contribution in [0.2, 0.25) is 0 Å². The summed E-state index contributed by atoms with van der Waals surface area (Å²) in [6.07, 6.45) is 2.28. The number of hydrogen-bond donors (Lipinski definition) is 0. The van der Waals surface area contributed by atoms with Crippen molar-refractivity contribution in [3.05, 3.63) is 0 Å². The molecule has 3 nitrogen and oxygen atoms in total. The van der Waals surface area contributed by atoms with Gasteiger partial charge in [-0.25, -0.2) is 0 Å². The van der Waals surface area contributed by atoms with Crippen LogP contribution in [0, 0.1) is 17.2 Å². The quantitative estimate of drug-likeness (QED) is 0.617. The second-order valence-electron chi connectivity index (χ2n) is 3.24. The summed E-state index contributed by atoms with van der Waals surface area (Å²) in [4.78, 5) is 13.0. The molecule has 0 radical (unpaired) electrons. The molecule has 0 spiro atoms. The molecular formula is C9H14N2O. The van der Waals surface area contributed by atoms with Crippen LogP contribution in [0.3, 0.4) is 0 Å². The topological polar surface area (TPSA) is 44.1 Å². The van der Waals surface area contributed by atoms with Crippen LogP contribution in [0.25, 0.3) is 0 Å². The first-order valence-corrected chi connectivity index (χ1v) is 4.42. The van der Waals surface area contributed by atoms with Crippen LogP contribution >= 0.6 is 0 Å². The summed E-state index contributed by atoms with van der Waals surface area (Å²) in [5.74, 6) is 0.654. The summed E-state index contributed by atoms with van der Waals surface area (Å²) in [5.41, 5.74) is 0. The van der Waals surface area contributed by atoms with E-state index < -0.39 is 0 Å². The number of nitriles is 1. The molecule has 0 aromatic rings. The van der Waals surface area contributed by atoms with Crippen LogP contribution in [0.1, 0.15) is 26.2 Å². The van der Waals surface area contributed by atoms with Crippen LogP contribution in [0.5, 0.6) is 0 Å². The van der Waals surface area contributed by atoms with E-state index in [4.69, 9.17) is 5.26 Å². The molecule has 12 heavy (non-hydrogen) atoms. The lowest BCUT2D eigenvalue weighted by atomic mass is 10.1. The molecule has 1 aliphatic heterocycles. The summed E-state index contributed by atoms with van der Waals surface area (Å²) < 4.78 is 0. The van der Waals surface area contributed by atoms with Crippen LogP contribution in [-0.2, 0) is 4.79 Å². The first-order chi connectivity index (χ1) is 5.77. The second-order valence-corrected chi connectivity index (χ2v) is 3.24. The van der Waals surface area contributed by atoms with Gasteiger partial charge in [-0.3, -0.25) is 4.79 Å². The van der Waals surface area contributed by atoms with Gasteiger partial charge in [0.25, 0.3) is 0 Å². The highest BCUT2D eigenvalue weighted by molar-refractivity contribution is 5.78. The highest BCUT2D eigenvalue weighted by Crippen LogP contribution is 2.19. The van der Waals surface area contributed by atoms with Gasteiger partial charge in [-0.15, -0.1) is 0 Å². The number of carbonyl (C=O) groups is 1. The first-order valence-electron chi connectivity index (χ1n) is 4.42. The van der Waals surface area contributed by atoms with Crippen molar-refractivity contribution in [3.8, 4) is 6.07 Å². The summed E-state index contributed by atoms with van der Waals surface area (Å²) in [6, 6.07) is 1.89. The van der Waals surface area contributed by atoms with Gasteiger partial charge in [0, 0.05) is 13.1 Å². The molecular weight excluding hydrogens is 152 g/mol. The number of rotatable bonds is 2. The van der Waals surface area contributed by atoms with Crippen molar-refractivity contribution >= 4 is 5.91 Å². The molecule has 1 rings (SSSR count). The van der Waals surface area contributed by atoms with Gasteiger partial charge >= 0.3 is 0 Å². The van der Waals surface area contributed by atoms with E-state index in [2.05, 4.69) is 6.92 Å². The molecule has 0 bridgehead atoms. The van der Waals surface area contributed by atoms with Gasteiger partial charge < -0.3 is 4.90 Å². The normalized spacial score (nSPS) is 22.3. The lowest BCUT2D eigenvalue weighted by Gasteiger charge is -2.13. The molecule has 0 aromatic carbocycles. The van der Waals surface area contributed by atoms with Gasteiger partial charge in [0.1, 0.15) is 6.42 Å². The van der Waals surface area contributed by atoms with Gasteiger partial charge in [-0.2, -0.15) is 5.26 Å². The third-order valence-electron chi connectivity index (χ3n) is 2.45. The summed E-state index contributed by atoms with van der Waals surface area (Å²) in [5, 5.41) is 8.32. The minimum atomic E-state index is -0.00606. The summed E-state index contributed by atoms with van der Waals surface area (Å²) in [7, 11) is 0. The van der Waals surface area contributed by atoms with Crippen LogP contribution in [0.15, 0.2) is 0 Å². The monoisotopic (exact) mass is 166 g/mol. The Hall–Kier alpha value is -1.04. The van der Waals surface area contributed by atoms with Crippen LogP contribution in [-0.4, -0.2) is 23.9 Å². The zero-order chi connectivity index (χ0) is 8.97. The van der Waals surface area contributed by atoms with Crippen molar-refractivity contribution in [3.63, 3.8) is 0 Å². The molecule has 1 unspecified atom stereocenters. The fourth-order valence-electron chi connectivity index (χ4n) is 1.57. The SMILES string of the molecule is CCC1CCN(C(=O)CC#N)C1. The Morgan fingerprint density at radius 3 is 3.00 bits per heavy atom. The van der Waals surface area contributed by atoms with Crippen molar-refractivity contribution in [1.29, 1.82) is 5.26 Å². The van der Waals surface area contributed by atoms with Gasteiger partial charge in [0.15, 0.2) is 0 Å². The summed E-state index contributed by atoms with van der Waals surface area (Å²) >= 11 is 0. The molecule has 3 heteroatoms.